The minimum Gasteiger partial charge on any atom is -0.325 e. The van der Waals surface area contributed by atoms with Gasteiger partial charge in [-0.2, -0.15) is 4.31 Å². The maximum absolute atomic E-state index is 13.1. The quantitative estimate of drug-likeness (QED) is 0.729. The summed E-state index contributed by atoms with van der Waals surface area (Å²) in [6.45, 7) is 0.327. The topological polar surface area (TPSA) is 66.5 Å². The Morgan fingerprint density at radius 3 is 2.63 bits per heavy atom. The molecular weight excluding hydrogens is 404 g/mol. The van der Waals surface area contributed by atoms with Crippen molar-refractivity contribution < 1.29 is 13.2 Å². The van der Waals surface area contributed by atoms with Crippen LogP contribution in [0.4, 0.5) is 5.69 Å². The van der Waals surface area contributed by atoms with Gasteiger partial charge in [-0.25, -0.2) is 8.42 Å². The van der Waals surface area contributed by atoms with Crippen LogP contribution in [0.1, 0.15) is 19.3 Å². The number of nitrogens with zero attached hydrogens (tertiary/aromatic N) is 1. The minimum atomic E-state index is -3.77. The molecule has 0 radical (unpaired) electrons. The van der Waals surface area contributed by atoms with Crippen LogP contribution < -0.4 is 5.32 Å². The molecule has 0 saturated carbocycles. The molecule has 1 amide bonds. The number of hydrogen-bond donors (Lipinski definition) is 1. The molecule has 8 heteroatoms. The van der Waals surface area contributed by atoms with Gasteiger partial charge in [-0.15, -0.1) is 11.8 Å². The lowest BCUT2D eigenvalue weighted by Gasteiger charge is -2.33. The second-order valence-electron chi connectivity index (χ2n) is 6.30. The van der Waals surface area contributed by atoms with E-state index < -0.39 is 16.1 Å². The zero-order chi connectivity index (χ0) is 19.4. The largest absolute Gasteiger partial charge is 0.325 e. The summed E-state index contributed by atoms with van der Waals surface area (Å²) in [5.41, 5.74) is 0.668. The first-order valence-corrected chi connectivity index (χ1v) is 11.7. The third-order valence-electron chi connectivity index (χ3n) is 4.51. The zero-order valence-electron chi connectivity index (χ0n) is 14.9. The van der Waals surface area contributed by atoms with Crippen LogP contribution in [-0.4, -0.2) is 37.5 Å². The number of benzene rings is 2. The van der Waals surface area contributed by atoms with E-state index in [-0.39, 0.29) is 10.8 Å². The Labute approximate surface area is 169 Å². The van der Waals surface area contributed by atoms with Gasteiger partial charge < -0.3 is 5.32 Å². The summed E-state index contributed by atoms with van der Waals surface area (Å²) in [5, 5.41) is 3.34. The monoisotopic (exact) mass is 424 g/mol. The van der Waals surface area contributed by atoms with Crippen molar-refractivity contribution in [1.82, 2.24) is 4.31 Å². The molecule has 0 unspecified atom stereocenters. The molecule has 1 fully saturated rings. The molecule has 1 heterocycles. The van der Waals surface area contributed by atoms with Gasteiger partial charge in [0, 0.05) is 22.2 Å². The predicted molar refractivity (Wildman–Crippen MR) is 110 cm³/mol. The first-order valence-electron chi connectivity index (χ1n) is 8.64. The molecule has 27 heavy (non-hydrogen) atoms. The highest BCUT2D eigenvalue weighted by Crippen LogP contribution is 2.27. The number of anilines is 1. The van der Waals surface area contributed by atoms with Gasteiger partial charge in [0.1, 0.15) is 6.04 Å². The van der Waals surface area contributed by atoms with Crippen molar-refractivity contribution in [3.05, 3.63) is 53.6 Å². The summed E-state index contributed by atoms with van der Waals surface area (Å²) in [5.74, 6) is -0.300. The highest BCUT2D eigenvalue weighted by Gasteiger charge is 2.37. The Kier molecular flexibility index (Phi) is 6.47. The van der Waals surface area contributed by atoms with E-state index in [4.69, 9.17) is 11.6 Å². The fraction of sp³-hybridized carbons (Fsp3) is 0.316. The molecule has 5 nitrogen and oxygen atoms in total. The smallest absolute Gasteiger partial charge is 0.243 e. The molecule has 0 aliphatic carbocycles. The average molecular weight is 425 g/mol. The standard InChI is InChI=1S/C19H21ClN2O3S2/c1-26-16-6-4-5-15(13-16)21-19(23)18-7-2-3-12-22(18)27(24,25)17-10-8-14(20)9-11-17/h4-6,8-11,13,18H,2-3,7,12H2,1H3,(H,21,23)/t18-/m0/s1. The number of piperidine rings is 1. The molecule has 0 spiro atoms. The SMILES string of the molecule is CSc1cccc(NC(=O)[C@@H]2CCCCN2S(=O)(=O)c2ccc(Cl)cc2)c1. The van der Waals surface area contributed by atoms with Gasteiger partial charge in [0.05, 0.1) is 4.90 Å². The molecule has 0 aromatic heterocycles. The first kappa shape index (κ1) is 20.2. The van der Waals surface area contributed by atoms with Crippen LogP contribution in [0.2, 0.25) is 5.02 Å². The molecule has 0 bridgehead atoms. The predicted octanol–water partition coefficient (Wildman–Crippen LogP) is 4.24. The fourth-order valence-electron chi connectivity index (χ4n) is 3.12. The molecule has 1 atom stereocenters. The van der Waals surface area contributed by atoms with E-state index in [1.807, 2.05) is 24.5 Å². The Morgan fingerprint density at radius 1 is 1.19 bits per heavy atom. The third kappa shape index (κ3) is 4.66. The number of nitrogens with one attached hydrogen (secondary N) is 1. The van der Waals surface area contributed by atoms with Gasteiger partial charge in [0.2, 0.25) is 15.9 Å². The first-order chi connectivity index (χ1) is 12.9. The van der Waals surface area contributed by atoms with E-state index in [1.165, 1.54) is 16.4 Å². The highest BCUT2D eigenvalue weighted by molar-refractivity contribution is 7.98. The van der Waals surface area contributed by atoms with Crippen molar-refractivity contribution in [3.63, 3.8) is 0 Å². The van der Waals surface area contributed by atoms with E-state index >= 15 is 0 Å². The normalized spacial score (nSPS) is 18.2. The van der Waals surface area contributed by atoms with Gasteiger partial charge in [-0.1, -0.05) is 24.1 Å². The van der Waals surface area contributed by atoms with Gasteiger partial charge in [0.25, 0.3) is 0 Å². The summed E-state index contributed by atoms with van der Waals surface area (Å²) in [6.07, 6.45) is 4.01. The number of thioether (sulfide) groups is 1. The van der Waals surface area contributed by atoms with Gasteiger partial charge in [-0.05, 0) is 61.6 Å². The van der Waals surface area contributed by atoms with E-state index in [9.17, 15) is 13.2 Å². The Bertz CT molecular complexity index is 917. The molecular formula is C19H21ClN2O3S2. The molecule has 1 saturated heterocycles. The number of hydrogen-bond acceptors (Lipinski definition) is 4. The summed E-state index contributed by atoms with van der Waals surface area (Å²) < 4.78 is 27.4. The Hall–Kier alpha value is -1.54. The van der Waals surface area contributed by atoms with E-state index in [1.54, 1.807) is 30.0 Å². The third-order valence-corrected chi connectivity index (χ3v) is 7.41. The molecule has 1 aliphatic rings. The zero-order valence-corrected chi connectivity index (χ0v) is 17.3. The number of amides is 1. The Balaban J connectivity index is 1.84. The second kappa shape index (κ2) is 8.65. The lowest BCUT2D eigenvalue weighted by atomic mass is 10.0. The van der Waals surface area contributed by atoms with Crippen LogP contribution >= 0.6 is 23.4 Å². The lowest BCUT2D eigenvalue weighted by Crippen LogP contribution is -2.49. The van der Waals surface area contributed by atoms with Crippen molar-refractivity contribution in [2.24, 2.45) is 0 Å². The molecule has 144 valence electrons. The van der Waals surface area contributed by atoms with Crippen molar-refractivity contribution in [2.75, 3.05) is 18.1 Å². The van der Waals surface area contributed by atoms with Crippen molar-refractivity contribution in [2.45, 2.75) is 35.1 Å². The Morgan fingerprint density at radius 2 is 1.93 bits per heavy atom. The van der Waals surface area contributed by atoms with Crippen LogP contribution in [-0.2, 0) is 14.8 Å². The number of sulfonamides is 1. The van der Waals surface area contributed by atoms with Crippen LogP contribution in [0, 0.1) is 0 Å². The van der Waals surface area contributed by atoms with Crippen LogP contribution in [0.5, 0.6) is 0 Å². The van der Waals surface area contributed by atoms with E-state index in [2.05, 4.69) is 5.32 Å². The van der Waals surface area contributed by atoms with Gasteiger partial charge in [0.15, 0.2) is 0 Å². The number of halogens is 1. The van der Waals surface area contributed by atoms with Gasteiger partial charge in [-0.3, -0.25) is 4.79 Å². The maximum Gasteiger partial charge on any atom is 0.243 e. The minimum absolute atomic E-state index is 0.149. The number of rotatable bonds is 5. The average Bonchev–Trinajstić information content (AvgIpc) is 2.68. The summed E-state index contributed by atoms with van der Waals surface area (Å²) in [4.78, 5) is 14.0. The lowest BCUT2D eigenvalue weighted by molar-refractivity contribution is -0.120. The van der Waals surface area contributed by atoms with Crippen LogP contribution in [0.15, 0.2) is 58.3 Å². The number of carbonyl (C=O) groups is 1. The fourth-order valence-corrected chi connectivity index (χ4v) is 5.36. The van der Waals surface area contributed by atoms with Crippen LogP contribution in [0.25, 0.3) is 0 Å². The summed E-state index contributed by atoms with van der Waals surface area (Å²) in [7, 11) is -3.77. The summed E-state index contributed by atoms with van der Waals surface area (Å²) in [6, 6.07) is 12.8. The van der Waals surface area contributed by atoms with Crippen molar-refractivity contribution in [3.8, 4) is 0 Å². The van der Waals surface area contributed by atoms with Crippen LogP contribution in [0.3, 0.4) is 0 Å². The van der Waals surface area contributed by atoms with Crippen molar-refractivity contribution in [1.29, 1.82) is 0 Å². The molecule has 2 aromatic rings. The van der Waals surface area contributed by atoms with E-state index in [0.717, 1.165) is 17.7 Å². The highest BCUT2D eigenvalue weighted by atomic mass is 35.5. The molecule has 3 rings (SSSR count). The summed E-state index contributed by atoms with van der Waals surface area (Å²) >= 11 is 7.45. The number of carbonyl (C=O) groups excluding carboxylic acids is 1. The van der Waals surface area contributed by atoms with Gasteiger partial charge >= 0.3 is 0 Å². The maximum atomic E-state index is 13.1. The second-order valence-corrected chi connectivity index (χ2v) is 9.51. The molecule has 2 aromatic carbocycles. The molecule has 1 aliphatic heterocycles. The molecule has 1 N–H and O–H groups in total. The van der Waals surface area contributed by atoms with Crippen molar-refractivity contribution >= 4 is 45.0 Å². The van der Waals surface area contributed by atoms with E-state index in [0.29, 0.717) is 23.7 Å².